The molecule has 0 aliphatic carbocycles. The molecule has 1 fully saturated rings. The molecule has 1 aromatic heterocycles. The van der Waals surface area contributed by atoms with Crippen LogP contribution >= 0.6 is 0 Å². The molecule has 0 unspecified atom stereocenters. The zero-order chi connectivity index (χ0) is 9.97. The summed E-state index contributed by atoms with van der Waals surface area (Å²) in [6, 6.07) is 4.25. The van der Waals surface area contributed by atoms with Crippen molar-refractivity contribution in [3.05, 3.63) is 24.0 Å². The largest absolute Gasteiger partial charge is 0.369 e. The van der Waals surface area contributed by atoms with Gasteiger partial charge >= 0.3 is 0 Å². The molecule has 2 heterocycles. The Balaban J connectivity index is 2.28. The lowest BCUT2D eigenvalue weighted by atomic mass is 10.2. The first-order valence-corrected chi connectivity index (χ1v) is 4.66. The van der Waals surface area contributed by atoms with Crippen molar-refractivity contribution in [1.29, 1.82) is 5.26 Å². The van der Waals surface area contributed by atoms with Gasteiger partial charge in [-0.05, 0) is 12.5 Å². The molecule has 1 aliphatic rings. The predicted octanol–water partition coefficient (Wildman–Crippen LogP) is 0.491. The molecular formula is C10H12N4. The summed E-state index contributed by atoms with van der Waals surface area (Å²) in [5.41, 5.74) is 7.39. The van der Waals surface area contributed by atoms with Gasteiger partial charge in [0.05, 0.1) is 11.3 Å². The minimum absolute atomic E-state index is 0.231. The number of nitrogens with zero attached hydrogens (tertiary/aromatic N) is 3. The van der Waals surface area contributed by atoms with Gasteiger partial charge in [-0.1, -0.05) is 0 Å². The second-order valence-corrected chi connectivity index (χ2v) is 3.50. The summed E-state index contributed by atoms with van der Waals surface area (Å²) in [6.07, 6.45) is 4.30. The fraction of sp³-hybridized carbons (Fsp3) is 0.400. The molecule has 0 spiro atoms. The van der Waals surface area contributed by atoms with Gasteiger partial charge in [0, 0.05) is 31.5 Å². The molecule has 0 saturated carbocycles. The quantitative estimate of drug-likeness (QED) is 0.696. The lowest BCUT2D eigenvalue weighted by molar-refractivity contribution is 0.752. The summed E-state index contributed by atoms with van der Waals surface area (Å²) >= 11 is 0. The molecule has 0 amide bonds. The molecule has 14 heavy (non-hydrogen) atoms. The van der Waals surface area contributed by atoms with Gasteiger partial charge in [0.1, 0.15) is 6.07 Å². The van der Waals surface area contributed by atoms with E-state index in [1.54, 1.807) is 12.4 Å². The zero-order valence-corrected chi connectivity index (χ0v) is 7.85. The molecule has 4 heteroatoms. The highest BCUT2D eigenvalue weighted by Crippen LogP contribution is 2.22. The summed E-state index contributed by atoms with van der Waals surface area (Å²) in [5, 5.41) is 8.90. The Kier molecular flexibility index (Phi) is 2.33. The Morgan fingerprint density at radius 3 is 3.14 bits per heavy atom. The molecule has 0 radical (unpaired) electrons. The molecule has 4 nitrogen and oxygen atoms in total. The van der Waals surface area contributed by atoms with Crippen molar-refractivity contribution in [3.8, 4) is 6.07 Å². The van der Waals surface area contributed by atoms with E-state index in [0.717, 1.165) is 25.2 Å². The van der Waals surface area contributed by atoms with Crippen LogP contribution in [0.25, 0.3) is 0 Å². The van der Waals surface area contributed by atoms with Gasteiger partial charge < -0.3 is 10.6 Å². The van der Waals surface area contributed by atoms with Crippen molar-refractivity contribution in [3.63, 3.8) is 0 Å². The van der Waals surface area contributed by atoms with Crippen molar-refractivity contribution in [1.82, 2.24) is 4.98 Å². The second kappa shape index (κ2) is 3.64. The van der Waals surface area contributed by atoms with E-state index in [1.807, 2.05) is 6.07 Å². The van der Waals surface area contributed by atoms with Crippen LogP contribution in [0.15, 0.2) is 18.5 Å². The average Bonchev–Trinajstić information content (AvgIpc) is 2.65. The zero-order valence-electron chi connectivity index (χ0n) is 7.85. The van der Waals surface area contributed by atoms with E-state index in [-0.39, 0.29) is 6.04 Å². The maximum absolute atomic E-state index is 8.90. The van der Waals surface area contributed by atoms with Crippen molar-refractivity contribution in [2.75, 3.05) is 18.0 Å². The lowest BCUT2D eigenvalue weighted by Gasteiger charge is -2.18. The van der Waals surface area contributed by atoms with E-state index in [4.69, 9.17) is 11.0 Å². The highest BCUT2D eigenvalue weighted by molar-refractivity contribution is 5.58. The minimum atomic E-state index is 0.231. The molecule has 1 saturated heterocycles. The molecule has 2 N–H and O–H groups in total. The number of anilines is 1. The Morgan fingerprint density at radius 1 is 1.64 bits per heavy atom. The minimum Gasteiger partial charge on any atom is -0.369 e. The number of aromatic nitrogens is 1. The number of rotatable bonds is 1. The molecule has 0 aromatic carbocycles. The summed E-state index contributed by atoms with van der Waals surface area (Å²) in [4.78, 5) is 6.07. The molecular weight excluding hydrogens is 176 g/mol. The Hall–Kier alpha value is -1.60. The fourth-order valence-corrected chi connectivity index (χ4v) is 1.76. The van der Waals surface area contributed by atoms with Crippen LogP contribution in [0.5, 0.6) is 0 Å². The summed E-state index contributed by atoms with van der Waals surface area (Å²) in [5.74, 6) is 0. The maximum Gasteiger partial charge on any atom is 0.103 e. The van der Waals surface area contributed by atoms with Crippen LogP contribution in [0.1, 0.15) is 12.0 Å². The average molecular weight is 188 g/mol. The van der Waals surface area contributed by atoms with Crippen LogP contribution in [0.2, 0.25) is 0 Å². The fourth-order valence-electron chi connectivity index (χ4n) is 1.76. The molecule has 1 aliphatic heterocycles. The van der Waals surface area contributed by atoms with Crippen molar-refractivity contribution < 1.29 is 0 Å². The lowest BCUT2D eigenvalue weighted by Crippen LogP contribution is -2.26. The maximum atomic E-state index is 8.90. The highest BCUT2D eigenvalue weighted by Gasteiger charge is 2.21. The van der Waals surface area contributed by atoms with E-state index in [1.165, 1.54) is 0 Å². The molecule has 2 rings (SSSR count). The van der Waals surface area contributed by atoms with E-state index >= 15 is 0 Å². The number of nitrogens with two attached hydrogens (primary N) is 1. The van der Waals surface area contributed by atoms with Crippen LogP contribution in [-0.4, -0.2) is 24.1 Å². The standard InChI is InChI=1S/C10H12N4/c11-5-8-6-13-3-1-10(8)14-4-2-9(12)7-14/h1,3,6,9H,2,4,7,12H2/t9-/m0/s1. The summed E-state index contributed by atoms with van der Waals surface area (Å²) in [7, 11) is 0. The van der Waals surface area contributed by atoms with Gasteiger partial charge in [-0.15, -0.1) is 0 Å². The van der Waals surface area contributed by atoms with Gasteiger partial charge in [0.25, 0.3) is 0 Å². The highest BCUT2D eigenvalue weighted by atomic mass is 15.2. The van der Waals surface area contributed by atoms with Crippen molar-refractivity contribution >= 4 is 5.69 Å². The first-order valence-electron chi connectivity index (χ1n) is 4.66. The van der Waals surface area contributed by atoms with Gasteiger partial charge in [0.2, 0.25) is 0 Å². The van der Waals surface area contributed by atoms with Crippen LogP contribution in [0, 0.1) is 11.3 Å². The van der Waals surface area contributed by atoms with Gasteiger partial charge in [-0.2, -0.15) is 5.26 Å². The normalized spacial score (nSPS) is 20.9. The van der Waals surface area contributed by atoms with Gasteiger partial charge in [-0.3, -0.25) is 4.98 Å². The topological polar surface area (TPSA) is 65.9 Å². The number of pyridine rings is 1. The smallest absolute Gasteiger partial charge is 0.103 e. The molecule has 1 aromatic rings. The van der Waals surface area contributed by atoms with E-state index in [2.05, 4.69) is 16.0 Å². The second-order valence-electron chi connectivity index (χ2n) is 3.50. The SMILES string of the molecule is N#Cc1cnccc1N1CC[C@H](N)C1. The van der Waals surface area contributed by atoms with Crippen LogP contribution in [0.4, 0.5) is 5.69 Å². The number of hydrogen-bond donors (Lipinski definition) is 1. The van der Waals surface area contributed by atoms with Crippen LogP contribution in [0.3, 0.4) is 0 Å². The molecule has 0 bridgehead atoms. The summed E-state index contributed by atoms with van der Waals surface area (Å²) in [6.45, 7) is 1.76. The molecule has 72 valence electrons. The van der Waals surface area contributed by atoms with Gasteiger partial charge in [-0.25, -0.2) is 0 Å². The van der Waals surface area contributed by atoms with E-state index in [0.29, 0.717) is 5.56 Å². The number of nitriles is 1. The number of hydrogen-bond acceptors (Lipinski definition) is 4. The Labute approximate surface area is 83.0 Å². The van der Waals surface area contributed by atoms with E-state index < -0.39 is 0 Å². The Bertz CT molecular complexity index is 369. The van der Waals surface area contributed by atoms with Crippen LogP contribution in [-0.2, 0) is 0 Å². The monoisotopic (exact) mass is 188 g/mol. The first-order chi connectivity index (χ1) is 6.81. The third-order valence-electron chi connectivity index (χ3n) is 2.48. The summed E-state index contributed by atoms with van der Waals surface area (Å²) < 4.78 is 0. The Morgan fingerprint density at radius 2 is 2.50 bits per heavy atom. The van der Waals surface area contributed by atoms with Crippen LogP contribution < -0.4 is 10.6 Å². The van der Waals surface area contributed by atoms with Crippen molar-refractivity contribution in [2.24, 2.45) is 5.73 Å². The molecule has 1 atom stereocenters. The van der Waals surface area contributed by atoms with E-state index in [9.17, 15) is 0 Å². The third kappa shape index (κ3) is 1.54. The third-order valence-corrected chi connectivity index (χ3v) is 2.48. The predicted molar refractivity (Wildman–Crippen MR) is 53.8 cm³/mol. The van der Waals surface area contributed by atoms with Gasteiger partial charge in [0.15, 0.2) is 0 Å². The first kappa shape index (κ1) is 8.97. The van der Waals surface area contributed by atoms with Crippen molar-refractivity contribution in [2.45, 2.75) is 12.5 Å².